The van der Waals surface area contributed by atoms with E-state index in [1.54, 1.807) is 6.07 Å². The van der Waals surface area contributed by atoms with Crippen molar-refractivity contribution in [2.24, 2.45) is 0 Å². The number of nitrogens with one attached hydrogen (secondary N) is 1. The summed E-state index contributed by atoms with van der Waals surface area (Å²) in [7, 11) is 0. The minimum absolute atomic E-state index is 0.0758. The monoisotopic (exact) mass is 275 g/mol. The third kappa shape index (κ3) is 3.80. The van der Waals surface area contributed by atoms with E-state index in [4.69, 9.17) is 0 Å². The SMILES string of the molecule is Cc1cccc(CCC(C)Nc2cccc(F)c2F)c1. The van der Waals surface area contributed by atoms with Crippen molar-refractivity contribution in [1.29, 1.82) is 0 Å². The summed E-state index contributed by atoms with van der Waals surface area (Å²) in [5, 5.41) is 3.02. The van der Waals surface area contributed by atoms with Crippen LogP contribution < -0.4 is 5.32 Å². The molecule has 2 aromatic rings. The molecule has 0 spiro atoms. The third-order valence-corrected chi connectivity index (χ3v) is 3.30. The molecule has 1 N–H and O–H groups in total. The quantitative estimate of drug-likeness (QED) is 0.833. The third-order valence-electron chi connectivity index (χ3n) is 3.30. The molecule has 3 heteroatoms. The minimum atomic E-state index is -0.819. The van der Waals surface area contributed by atoms with Gasteiger partial charge in [0.15, 0.2) is 11.6 Å². The van der Waals surface area contributed by atoms with Gasteiger partial charge >= 0.3 is 0 Å². The zero-order valence-electron chi connectivity index (χ0n) is 11.8. The Balaban J connectivity index is 1.92. The van der Waals surface area contributed by atoms with Gasteiger partial charge in [-0.3, -0.25) is 0 Å². The van der Waals surface area contributed by atoms with Crippen molar-refractivity contribution in [1.82, 2.24) is 0 Å². The highest BCUT2D eigenvalue weighted by Gasteiger charge is 2.10. The lowest BCUT2D eigenvalue weighted by Gasteiger charge is -2.16. The van der Waals surface area contributed by atoms with Gasteiger partial charge < -0.3 is 5.32 Å². The van der Waals surface area contributed by atoms with Gasteiger partial charge in [0.2, 0.25) is 0 Å². The lowest BCUT2D eigenvalue weighted by atomic mass is 10.0. The molecular weight excluding hydrogens is 256 g/mol. The molecule has 0 radical (unpaired) electrons. The largest absolute Gasteiger partial charge is 0.380 e. The van der Waals surface area contributed by atoms with Gasteiger partial charge in [-0.1, -0.05) is 35.9 Å². The fourth-order valence-electron chi connectivity index (χ4n) is 2.20. The zero-order valence-corrected chi connectivity index (χ0v) is 11.8. The van der Waals surface area contributed by atoms with E-state index < -0.39 is 11.6 Å². The average molecular weight is 275 g/mol. The van der Waals surface area contributed by atoms with Crippen LogP contribution >= 0.6 is 0 Å². The molecule has 1 unspecified atom stereocenters. The molecule has 2 aromatic carbocycles. The van der Waals surface area contributed by atoms with E-state index in [1.165, 1.54) is 17.2 Å². The summed E-state index contributed by atoms with van der Waals surface area (Å²) >= 11 is 0. The van der Waals surface area contributed by atoms with Crippen molar-refractivity contribution >= 4 is 5.69 Å². The first-order valence-electron chi connectivity index (χ1n) is 6.82. The maximum atomic E-state index is 13.5. The van der Waals surface area contributed by atoms with Gasteiger partial charge in [-0.15, -0.1) is 0 Å². The first kappa shape index (κ1) is 14.5. The molecule has 0 amide bonds. The summed E-state index contributed by atoms with van der Waals surface area (Å²) in [6.07, 6.45) is 1.77. The summed E-state index contributed by atoms with van der Waals surface area (Å²) in [4.78, 5) is 0. The van der Waals surface area contributed by atoms with E-state index >= 15 is 0 Å². The zero-order chi connectivity index (χ0) is 14.5. The maximum absolute atomic E-state index is 13.5. The van der Waals surface area contributed by atoms with Gasteiger partial charge in [-0.2, -0.15) is 0 Å². The fourth-order valence-corrected chi connectivity index (χ4v) is 2.20. The van der Waals surface area contributed by atoms with Crippen molar-refractivity contribution < 1.29 is 8.78 Å². The smallest absolute Gasteiger partial charge is 0.181 e. The van der Waals surface area contributed by atoms with Gasteiger partial charge in [0.1, 0.15) is 0 Å². The van der Waals surface area contributed by atoms with E-state index in [0.29, 0.717) is 0 Å². The average Bonchev–Trinajstić information content (AvgIpc) is 2.42. The molecule has 0 fully saturated rings. The van der Waals surface area contributed by atoms with E-state index in [0.717, 1.165) is 18.9 Å². The Kier molecular flexibility index (Phi) is 4.72. The molecule has 106 valence electrons. The van der Waals surface area contributed by atoms with Crippen LogP contribution in [0.4, 0.5) is 14.5 Å². The van der Waals surface area contributed by atoms with Crippen LogP contribution in [0.25, 0.3) is 0 Å². The van der Waals surface area contributed by atoms with E-state index in [-0.39, 0.29) is 11.7 Å². The fraction of sp³-hybridized carbons (Fsp3) is 0.294. The molecule has 20 heavy (non-hydrogen) atoms. The molecule has 0 heterocycles. The van der Waals surface area contributed by atoms with Gasteiger partial charge in [-0.05, 0) is 44.4 Å². The van der Waals surface area contributed by atoms with Crippen molar-refractivity contribution in [3.8, 4) is 0 Å². The molecular formula is C17H19F2N. The highest BCUT2D eigenvalue weighted by molar-refractivity contribution is 5.45. The maximum Gasteiger partial charge on any atom is 0.181 e. The highest BCUT2D eigenvalue weighted by atomic mass is 19.2. The molecule has 0 aliphatic carbocycles. The number of aryl methyl sites for hydroxylation is 2. The Morgan fingerprint density at radius 2 is 1.85 bits per heavy atom. The Labute approximate surface area is 118 Å². The molecule has 0 aliphatic heterocycles. The summed E-state index contributed by atoms with van der Waals surface area (Å²) in [6.45, 7) is 4.04. The molecule has 0 aromatic heterocycles. The first-order valence-corrected chi connectivity index (χ1v) is 6.82. The van der Waals surface area contributed by atoms with Crippen molar-refractivity contribution in [2.75, 3.05) is 5.32 Å². The predicted molar refractivity (Wildman–Crippen MR) is 78.9 cm³/mol. The van der Waals surface area contributed by atoms with E-state index in [9.17, 15) is 8.78 Å². The highest BCUT2D eigenvalue weighted by Crippen LogP contribution is 2.18. The number of benzene rings is 2. The van der Waals surface area contributed by atoms with Gasteiger partial charge in [0, 0.05) is 6.04 Å². The Morgan fingerprint density at radius 3 is 2.60 bits per heavy atom. The predicted octanol–water partition coefficient (Wildman–Crippen LogP) is 4.71. The molecule has 1 atom stereocenters. The topological polar surface area (TPSA) is 12.0 Å². The number of hydrogen-bond donors (Lipinski definition) is 1. The summed E-state index contributed by atoms with van der Waals surface area (Å²) in [5.41, 5.74) is 2.72. The van der Waals surface area contributed by atoms with Gasteiger partial charge in [0.05, 0.1) is 5.69 Å². The van der Waals surface area contributed by atoms with E-state index in [1.807, 2.05) is 13.0 Å². The van der Waals surface area contributed by atoms with E-state index in [2.05, 4.69) is 30.4 Å². The van der Waals surface area contributed by atoms with Crippen LogP contribution in [0.15, 0.2) is 42.5 Å². The Hall–Kier alpha value is -1.90. The van der Waals surface area contributed by atoms with Gasteiger partial charge in [0.25, 0.3) is 0 Å². The van der Waals surface area contributed by atoms with Crippen LogP contribution in [-0.4, -0.2) is 6.04 Å². The molecule has 0 aliphatic rings. The second-order valence-corrected chi connectivity index (χ2v) is 5.17. The minimum Gasteiger partial charge on any atom is -0.380 e. The van der Waals surface area contributed by atoms with Crippen molar-refractivity contribution in [3.63, 3.8) is 0 Å². The second-order valence-electron chi connectivity index (χ2n) is 5.17. The first-order chi connectivity index (χ1) is 9.56. The number of hydrogen-bond acceptors (Lipinski definition) is 1. The Bertz CT molecular complexity index is 581. The number of rotatable bonds is 5. The Morgan fingerprint density at radius 1 is 1.10 bits per heavy atom. The molecule has 1 nitrogen and oxygen atoms in total. The summed E-state index contributed by atoms with van der Waals surface area (Å²) in [5.74, 6) is -1.63. The molecule has 0 saturated carbocycles. The standard InChI is InChI=1S/C17H19F2N/c1-12-5-3-6-14(11-12)10-9-13(2)20-16-8-4-7-15(18)17(16)19/h3-8,11,13,20H,9-10H2,1-2H3. The van der Waals surface area contributed by atoms with Crippen molar-refractivity contribution in [2.45, 2.75) is 32.7 Å². The number of anilines is 1. The van der Waals surface area contributed by atoms with Gasteiger partial charge in [-0.25, -0.2) is 8.78 Å². The molecule has 0 bridgehead atoms. The summed E-state index contributed by atoms with van der Waals surface area (Å²) in [6, 6.07) is 12.6. The molecule has 2 rings (SSSR count). The normalized spacial score (nSPS) is 12.2. The van der Waals surface area contributed by atoms with Crippen LogP contribution in [0.1, 0.15) is 24.5 Å². The lowest BCUT2D eigenvalue weighted by molar-refractivity contribution is 0.509. The van der Waals surface area contributed by atoms with Crippen LogP contribution in [0.3, 0.4) is 0 Å². The van der Waals surface area contributed by atoms with Crippen LogP contribution in [0.5, 0.6) is 0 Å². The molecule has 0 saturated heterocycles. The second kappa shape index (κ2) is 6.51. The number of halogens is 2. The van der Waals surface area contributed by atoms with Crippen molar-refractivity contribution in [3.05, 3.63) is 65.2 Å². The van der Waals surface area contributed by atoms with Crippen LogP contribution in [-0.2, 0) is 6.42 Å². The lowest BCUT2D eigenvalue weighted by Crippen LogP contribution is -2.17. The summed E-state index contributed by atoms with van der Waals surface area (Å²) < 4.78 is 26.7. The van der Waals surface area contributed by atoms with Crippen LogP contribution in [0.2, 0.25) is 0 Å². The van der Waals surface area contributed by atoms with Crippen LogP contribution in [0, 0.1) is 18.6 Å².